The van der Waals surface area contributed by atoms with E-state index in [2.05, 4.69) is 20.5 Å². The van der Waals surface area contributed by atoms with Gasteiger partial charge in [-0.2, -0.15) is 0 Å². The van der Waals surface area contributed by atoms with Crippen molar-refractivity contribution in [2.24, 2.45) is 0 Å². The number of hydrogen-bond acceptors (Lipinski definition) is 10. The van der Waals surface area contributed by atoms with Gasteiger partial charge in [-0.15, -0.1) is 0 Å². The van der Waals surface area contributed by atoms with E-state index in [0.29, 0.717) is 41.8 Å². The van der Waals surface area contributed by atoms with Gasteiger partial charge in [0.25, 0.3) is 17.7 Å². The van der Waals surface area contributed by atoms with Crippen molar-refractivity contribution < 1.29 is 38.1 Å². The van der Waals surface area contributed by atoms with Gasteiger partial charge >= 0.3 is 0 Å². The minimum absolute atomic E-state index is 0.210. The number of carbonyl (C=O) groups excluding carboxylic acids is 3. The molecule has 2 saturated heterocycles. The van der Waals surface area contributed by atoms with Crippen LogP contribution >= 0.6 is 0 Å². The van der Waals surface area contributed by atoms with Crippen molar-refractivity contribution >= 4 is 23.5 Å². The predicted octanol–water partition coefficient (Wildman–Crippen LogP) is 1.65. The molecule has 2 aromatic carbocycles. The summed E-state index contributed by atoms with van der Waals surface area (Å²) < 4.78 is 28.4. The number of pyridine rings is 1. The van der Waals surface area contributed by atoms with Crippen molar-refractivity contribution in [1.82, 2.24) is 20.5 Å². The van der Waals surface area contributed by atoms with E-state index in [1.165, 1.54) is 20.3 Å². The monoisotopic (exact) mass is 617 g/mol. The van der Waals surface area contributed by atoms with Crippen LogP contribution in [0, 0.1) is 0 Å². The van der Waals surface area contributed by atoms with Crippen LogP contribution in [0.1, 0.15) is 26.3 Å². The molecule has 1 aromatic heterocycles. The van der Waals surface area contributed by atoms with E-state index >= 15 is 0 Å². The smallest absolute Gasteiger partial charge is 0.258 e. The minimum atomic E-state index is -0.578. The van der Waals surface area contributed by atoms with Crippen LogP contribution in [0.25, 0.3) is 0 Å². The van der Waals surface area contributed by atoms with E-state index in [4.69, 9.17) is 23.7 Å². The molecule has 0 unspecified atom stereocenters. The molecule has 4 aliphatic rings. The highest BCUT2D eigenvalue weighted by Gasteiger charge is 2.39. The topological polar surface area (TPSA) is 141 Å². The standard InChI is InChI=1S/C32H35N5O8/c1-41-24-11-22-12-25(13-24)44-19-30(38)34-15-20-3-5-23(14-27(20)42-2)45-28-18-37(17-26(28)35-31(22)39)32(40)21-4-6-29(33-16-21)36-7-9-43-10-8-36/h3-6,11-14,16,26,28H,7-10,15,17-19H2,1-2H3,(H,34,38)(H,35,39)/t26-,28-/m0/s1. The molecule has 13 heteroatoms. The van der Waals surface area contributed by atoms with Crippen LogP contribution in [0.2, 0.25) is 0 Å². The first-order chi connectivity index (χ1) is 21.9. The average Bonchev–Trinajstić information content (AvgIpc) is 3.47. The number of rotatable bonds is 4. The van der Waals surface area contributed by atoms with Crippen LogP contribution in [0.4, 0.5) is 5.82 Å². The third-order valence-electron chi connectivity index (χ3n) is 7.97. The average molecular weight is 618 g/mol. The molecule has 236 valence electrons. The van der Waals surface area contributed by atoms with Gasteiger partial charge < -0.3 is 44.1 Å². The molecule has 7 rings (SSSR count). The molecule has 5 heterocycles. The van der Waals surface area contributed by atoms with Crippen LogP contribution < -0.4 is 34.5 Å². The number of carbonyl (C=O) groups is 3. The van der Waals surface area contributed by atoms with Crippen molar-refractivity contribution in [2.45, 2.75) is 18.7 Å². The lowest BCUT2D eigenvalue weighted by atomic mass is 10.1. The van der Waals surface area contributed by atoms with Gasteiger partial charge in [-0.3, -0.25) is 14.4 Å². The Bertz CT molecular complexity index is 1560. The van der Waals surface area contributed by atoms with E-state index < -0.39 is 18.1 Å². The van der Waals surface area contributed by atoms with Gasteiger partial charge in [-0.25, -0.2) is 4.98 Å². The van der Waals surface area contributed by atoms with Crippen LogP contribution in [0.15, 0.2) is 54.7 Å². The lowest BCUT2D eigenvalue weighted by Crippen LogP contribution is -2.45. The molecule has 4 aliphatic heterocycles. The van der Waals surface area contributed by atoms with E-state index in [1.54, 1.807) is 47.5 Å². The number of nitrogens with one attached hydrogen (secondary N) is 2. The summed E-state index contributed by atoms with van der Waals surface area (Å²) in [5.41, 5.74) is 1.45. The molecule has 0 saturated carbocycles. The van der Waals surface area contributed by atoms with Gasteiger partial charge in [0.1, 0.15) is 34.9 Å². The molecule has 0 aliphatic carbocycles. The van der Waals surface area contributed by atoms with Crippen LogP contribution in [-0.4, -0.2) is 100.0 Å². The van der Waals surface area contributed by atoms with Crippen molar-refractivity contribution in [2.75, 3.05) is 65.1 Å². The molecule has 3 amide bonds. The molecule has 0 radical (unpaired) electrons. The van der Waals surface area contributed by atoms with Crippen molar-refractivity contribution in [3.8, 4) is 23.0 Å². The Morgan fingerprint density at radius 2 is 1.82 bits per heavy atom. The number of anilines is 1. The highest BCUT2D eigenvalue weighted by Crippen LogP contribution is 2.29. The summed E-state index contributed by atoms with van der Waals surface area (Å²) in [5, 5.41) is 5.85. The summed E-state index contributed by atoms with van der Waals surface area (Å²) in [6, 6.07) is 13.1. The zero-order valence-electron chi connectivity index (χ0n) is 25.1. The van der Waals surface area contributed by atoms with E-state index in [1.807, 2.05) is 6.07 Å². The Morgan fingerprint density at radius 1 is 0.978 bits per heavy atom. The predicted molar refractivity (Wildman–Crippen MR) is 162 cm³/mol. The molecular formula is C32H35N5O8. The summed E-state index contributed by atoms with van der Waals surface area (Å²) in [7, 11) is 3.01. The number of ether oxygens (including phenoxy) is 5. The first kappa shape index (κ1) is 30.0. The molecule has 2 atom stereocenters. The number of likely N-dealkylation sites (tertiary alicyclic amines) is 1. The van der Waals surface area contributed by atoms with E-state index in [9.17, 15) is 14.4 Å². The molecule has 3 aromatic rings. The lowest BCUT2D eigenvalue weighted by Gasteiger charge is -2.27. The number of amides is 3. The largest absolute Gasteiger partial charge is 0.497 e. The second kappa shape index (κ2) is 13.3. The Morgan fingerprint density at radius 3 is 2.58 bits per heavy atom. The van der Waals surface area contributed by atoms with Gasteiger partial charge in [0.2, 0.25) is 0 Å². The van der Waals surface area contributed by atoms with Gasteiger partial charge in [-0.1, -0.05) is 0 Å². The maximum absolute atomic E-state index is 13.6. The number of methoxy groups -OCH3 is 2. The third kappa shape index (κ3) is 6.88. The molecule has 4 bridgehead atoms. The zero-order chi connectivity index (χ0) is 31.3. The fourth-order valence-corrected chi connectivity index (χ4v) is 5.54. The van der Waals surface area contributed by atoms with Crippen LogP contribution in [0.3, 0.4) is 0 Å². The minimum Gasteiger partial charge on any atom is -0.497 e. The summed E-state index contributed by atoms with van der Waals surface area (Å²) in [4.78, 5) is 48.0. The fraction of sp³-hybridized carbons (Fsp3) is 0.375. The van der Waals surface area contributed by atoms with Crippen LogP contribution in [0.5, 0.6) is 23.0 Å². The lowest BCUT2D eigenvalue weighted by molar-refractivity contribution is -0.123. The summed E-state index contributed by atoms with van der Waals surface area (Å²) in [6.45, 7) is 3.15. The molecule has 45 heavy (non-hydrogen) atoms. The SMILES string of the molecule is COc1cc2cc(c1)C(=O)N[C@H]1CN(C(=O)c3ccc(N4CCOCC4)nc3)C[C@@H]1Oc1ccc(c(OC)c1)CNC(=O)CO2. The van der Waals surface area contributed by atoms with Crippen molar-refractivity contribution in [3.05, 3.63) is 71.4 Å². The fourth-order valence-electron chi connectivity index (χ4n) is 5.54. The highest BCUT2D eigenvalue weighted by atomic mass is 16.5. The van der Waals surface area contributed by atoms with Gasteiger partial charge in [-0.05, 0) is 36.4 Å². The molecule has 13 nitrogen and oxygen atoms in total. The first-order valence-electron chi connectivity index (χ1n) is 14.7. The van der Waals surface area contributed by atoms with Crippen LogP contribution in [-0.2, 0) is 16.1 Å². The molecular weight excluding hydrogens is 582 g/mol. The molecule has 2 fully saturated rings. The third-order valence-corrected chi connectivity index (χ3v) is 7.97. The highest BCUT2D eigenvalue weighted by molar-refractivity contribution is 5.96. The Kier molecular flexibility index (Phi) is 8.87. The maximum Gasteiger partial charge on any atom is 0.258 e. The van der Waals surface area contributed by atoms with E-state index in [0.717, 1.165) is 24.5 Å². The van der Waals surface area contributed by atoms with Gasteiger partial charge in [0.05, 0.1) is 45.6 Å². The molecule has 2 N–H and O–H groups in total. The number of nitrogens with zero attached hydrogens (tertiary/aromatic N) is 3. The number of benzene rings is 2. The normalized spacial score (nSPS) is 20.2. The molecule has 0 spiro atoms. The number of aromatic nitrogens is 1. The first-order valence-corrected chi connectivity index (χ1v) is 14.7. The summed E-state index contributed by atoms with van der Waals surface area (Å²) in [6.07, 6.45) is 1.00. The summed E-state index contributed by atoms with van der Waals surface area (Å²) >= 11 is 0. The quantitative estimate of drug-likeness (QED) is 0.444. The Hall–Kier alpha value is -5.04. The second-order valence-corrected chi connectivity index (χ2v) is 10.9. The van der Waals surface area contributed by atoms with Gasteiger partial charge in [0.15, 0.2) is 6.61 Å². The Balaban J connectivity index is 1.27. The van der Waals surface area contributed by atoms with Crippen molar-refractivity contribution in [3.63, 3.8) is 0 Å². The van der Waals surface area contributed by atoms with Gasteiger partial charge in [0, 0.05) is 55.6 Å². The number of hydrogen-bond donors (Lipinski definition) is 2. The second-order valence-electron chi connectivity index (χ2n) is 10.9. The zero-order valence-corrected chi connectivity index (χ0v) is 25.1. The number of morpholine rings is 1. The number of fused-ring (bicyclic) bond motifs is 7. The summed E-state index contributed by atoms with van der Waals surface area (Å²) in [5.74, 6) is 1.52. The maximum atomic E-state index is 13.6. The van der Waals surface area contributed by atoms with E-state index in [-0.39, 0.29) is 43.6 Å². The Labute approximate surface area is 260 Å². The van der Waals surface area contributed by atoms with Crippen molar-refractivity contribution in [1.29, 1.82) is 0 Å².